The van der Waals surface area contributed by atoms with E-state index >= 15 is 0 Å². The largest absolute Gasteiger partial charge is 0.455 e. The van der Waals surface area contributed by atoms with E-state index in [1.807, 2.05) is 25.1 Å². The molecule has 1 fully saturated rings. The van der Waals surface area contributed by atoms with Gasteiger partial charge in [0.25, 0.3) is 5.91 Å². The van der Waals surface area contributed by atoms with Gasteiger partial charge in [-0.05, 0) is 37.3 Å². The fourth-order valence-corrected chi connectivity index (χ4v) is 4.12. The van der Waals surface area contributed by atoms with E-state index in [1.165, 1.54) is 4.68 Å². The molecule has 1 aliphatic carbocycles. The smallest absolute Gasteiger partial charge is 0.287 e. The molecule has 3 heterocycles. The molecule has 2 aromatic heterocycles. The lowest BCUT2D eigenvalue weighted by Gasteiger charge is -2.10. The number of fused-ring (bicyclic) bond motifs is 3. The van der Waals surface area contributed by atoms with Crippen molar-refractivity contribution in [2.45, 2.75) is 45.2 Å². The van der Waals surface area contributed by atoms with Gasteiger partial charge in [0.05, 0.1) is 21.0 Å². The van der Waals surface area contributed by atoms with Gasteiger partial charge in [-0.1, -0.05) is 30.3 Å². The Hall–Kier alpha value is -2.86. The zero-order valence-corrected chi connectivity index (χ0v) is 16.4. The molecule has 0 unspecified atom stereocenters. The standard InChI is InChI=1S/C23H25N3O3/c1-15-20-19(29-22(15)23(27)24-12-18-8-5-11-28-18)10-9-17-14-26(25-21(17)20)13-16-6-3-2-4-7-16/h2-4,6-7,14,18H,5,8-13H2,1H3,(H,24,27)/t18-/m0/s1/i13D2. The van der Waals surface area contributed by atoms with Crippen molar-refractivity contribution >= 4 is 5.91 Å². The Morgan fingerprint density at radius 3 is 3.00 bits per heavy atom. The Morgan fingerprint density at radius 1 is 1.34 bits per heavy atom. The Balaban J connectivity index is 1.44. The average molecular weight is 393 g/mol. The van der Waals surface area contributed by atoms with Gasteiger partial charge in [-0.2, -0.15) is 5.10 Å². The Kier molecular flexibility index (Phi) is 4.15. The van der Waals surface area contributed by atoms with Crippen molar-refractivity contribution in [1.82, 2.24) is 15.1 Å². The van der Waals surface area contributed by atoms with Gasteiger partial charge in [0.15, 0.2) is 5.76 Å². The highest BCUT2D eigenvalue weighted by Gasteiger charge is 2.30. The Bertz CT molecular complexity index is 1110. The van der Waals surface area contributed by atoms with E-state index in [9.17, 15) is 4.79 Å². The molecule has 6 nitrogen and oxygen atoms in total. The van der Waals surface area contributed by atoms with Crippen LogP contribution in [0, 0.1) is 6.92 Å². The van der Waals surface area contributed by atoms with Crippen molar-refractivity contribution in [2.75, 3.05) is 13.2 Å². The third kappa shape index (κ3) is 3.49. The zero-order chi connectivity index (χ0) is 21.6. The molecule has 3 aromatic rings. The minimum atomic E-state index is -1.78. The molecule has 1 saturated heterocycles. The van der Waals surface area contributed by atoms with E-state index in [1.54, 1.807) is 18.3 Å². The molecule has 1 aromatic carbocycles. The molecule has 0 spiro atoms. The predicted molar refractivity (Wildman–Crippen MR) is 109 cm³/mol. The average Bonchev–Trinajstić information content (AvgIpc) is 3.51. The summed E-state index contributed by atoms with van der Waals surface area (Å²) in [6, 6.07) is 9.00. The number of hydrogen-bond acceptors (Lipinski definition) is 4. The van der Waals surface area contributed by atoms with E-state index < -0.39 is 6.50 Å². The topological polar surface area (TPSA) is 69.3 Å². The fraction of sp³-hybridized carbons (Fsp3) is 0.391. The number of aromatic nitrogens is 2. The summed E-state index contributed by atoms with van der Waals surface area (Å²) in [5.74, 6) is 0.789. The maximum atomic E-state index is 12.8. The summed E-state index contributed by atoms with van der Waals surface area (Å²) < 4.78 is 30.1. The third-order valence-electron chi connectivity index (χ3n) is 5.61. The lowest BCUT2D eigenvalue weighted by Crippen LogP contribution is -2.31. The Morgan fingerprint density at radius 2 is 2.21 bits per heavy atom. The molecule has 1 atom stereocenters. The number of carbonyl (C=O) groups is 1. The lowest BCUT2D eigenvalue weighted by atomic mass is 9.93. The van der Waals surface area contributed by atoms with Gasteiger partial charge in [-0.25, -0.2) is 0 Å². The summed E-state index contributed by atoms with van der Waals surface area (Å²) in [6.07, 6.45) is 5.17. The first-order valence-corrected chi connectivity index (χ1v) is 10.1. The second kappa shape index (κ2) is 7.52. The highest BCUT2D eigenvalue weighted by Crippen LogP contribution is 2.38. The van der Waals surface area contributed by atoms with Crippen molar-refractivity contribution in [3.8, 4) is 11.3 Å². The van der Waals surface area contributed by atoms with Gasteiger partial charge in [0, 0.05) is 36.9 Å². The van der Waals surface area contributed by atoms with E-state index in [-0.39, 0.29) is 12.0 Å². The quantitative estimate of drug-likeness (QED) is 0.720. The minimum Gasteiger partial charge on any atom is -0.455 e. The number of aryl methyl sites for hydroxylation is 2. The van der Waals surface area contributed by atoms with Crippen LogP contribution in [0.4, 0.5) is 0 Å². The number of benzene rings is 1. The van der Waals surface area contributed by atoms with Crippen LogP contribution >= 0.6 is 0 Å². The first kappa shape index (κ1) is 16.0. The van der Waals surface area contributed by atoms with Crippen LogP contribution in [0.15, 0.2) is 40.9 Å². The molecule has 5 rings (SSSR count). The van der Waals surface area contributed by atoms with Crippen LogP contribution in [-0.4, -0.2) is 34.9 Å². The maximum Gasteiger partial charge on any atom is 0.287 e. The highest BCUT2D eigenvalue weighted by atomic mass is 16.5. The summed E-state index contributed by atoms with van der Waals surface area (Å²) in [7, 11) is 0. The first-order chi connectivity index (χ1) is 14.9. The summed E-state index contributed by atoms with van der Waals surface area (Å²) in [6.45, 7) is 1.30. The van der Waals surface area contributed by atoms with Crippen molar-refractivity contribution in [1.29, 1.82) is 0 Å². The van der Waals surface area contributed by atoms with Crippen molar-refractivity contribution in [3.05, 3.63) is 64.7 Å². The van der Waals surface area contributed by atoms with Crippen LogP contribution in [0.2, 0.25) is 0 Å². The van der Waals surface area contributed by atoms with Crippen LogP contribution < -0.4 is 5.32 Å². The molecule has 1 aliphatic heterocycles. The minimum absolute atomic E-state index is 0.0661. The lowest BCUT2D eigenvalue weighted by molar-refractivity contribution is 0.0833. The van der Waals surface area contributed by atoms with Crippen LogP contribution in [0.3, 0.4) is 0 Å². The van der Waals surface area contributed by atoms with Gasteiger partial charge >= 0.3 is 0 Å². The zero-order valence-electron chi connectivity index (χ0n) is 18.4. The van der Waals surface area contributed by atoms with E-state index in [2.05, 4.69) is 10.4 Å². The van der Waals surface area contributed by atoms with Crippen LogP contribution in [0.5, 0.6) is 0 Å². The normalized spacial score (nSPS) is 19.3. The number of nitrogens with one attached hydrogen (secondary N) is 1. The number of amides is 1. The number of furan rings is 1. The third-order valence-corrected chi connectivity index (χ3v) is 5.61. The SMILES string of the molecule is [2H]C([2H])(c1ccccc1)n1cc2c(n1)-c1c(oc(C(=O)NC[C@@H]3CCCO3)c1C)CC2. The molecule has 2 aliphatic rings. The fourth-order valence-electron chi connectivity index (χ4n) is 4.12. The molecule has 6 heteroatoms. The first-order valence-electron chi connectivity index (χ1n) is 11.1. The van der Waals surface area contributed by atoms with Crippen molar-refractivity contribution in [2.24, 2.45) is 0 Å². The molecular formula is C23H25N3O3. The maximum absolute atomic E-state index is 12.8. The van der Waals surface area contributed by atoms with Crippen molar-refractivity contribution in [3.63, 3.8) is 0 Å². The molecule has 1 amide bonds. The van der Waals surface area contributed by atoms with Crippen molar-refractivity contribution < 1.29 is 16.7 Å². The van der Waals surface area contributed by atoms with E-state index in [0.717, 1.165) is 41.9 Å². The second-order valence-corrected chi connectivity index (χ2v) is 7.62. The van der Waals surface area contributed by atoms with Crippen LogP contribution in [0.25, 0.3) is 11.3 Å². The summed E-state index contributed by atoms with van der Waals surface area (Å²) in [5.41, 5.74) is 3.74. The second-order valence-electron chi connectivity index (χ2n) is 7.62. The molecule has 150 valence electrons. The van der Waals surface area contributed by atoms with Gasteiger partial charge in [-0.3, -0.25) is 9.48 Å². The summed E-state index contributed by atoms with van der Waals surface area (Å²) >= 11 is 0. The number of ether oxygens (including phenoxy) is 1. The highest BCUT2D eigenvalue weighted by molar-refractivity contribution is 5.95. The monoisotopic (exact) mass is 393 g/mol. The van der Waals surface area contributed by atoms with E-state index in [0.29, 0.717) is 36.4 Å². The number of rotatable bonds is 5. The molecule has 1 N–H and O–H groups in total. The number of hydrogen-bond donors (Lipinski definition) is 1. The van der Waals surface area contributed by atoms with Crippen LogP contribution in [-0.2, 0) is 24.1 Å². The molecule has 0 radical (unpaired) electrons. The number of nitrogens with zero attached hydrogens (tertiary/aromatic N) is 2. The Labute approximate surface area is 172 Å². The molecular weight excluding hydrogens is 366 g/mol. The van der Waals surface area contributed by atoms with Gasteiger partial charge in [0.1, 0.15) is 5.76 Å². The van der Waals surface area contributed by atoms with Gasteiger partial charge in [0.2, 0.25) is 0 Å². The molecule has 0 bridgehead atoms. The van der Waals surface area contributed by atoms with E-state index in [4.69, 9.17) is 11.9 Å². The van der Waals surface area contributed by atoms with Gasteiger partial charge < -0.3 is 14.5 Å². The molecule has 29 heavy (non-hydrogen) atoms. The van der Waals surface area contributed by atoms with Gasteiger partial charge in [-0.15, -0.1) is 0 Å². The predicted octanol–water partition coefficient (Wildman–Crippen LogP) is 3.51. The summed E-state index contributed by atoms with van der Waals surface area (Å²) in [5, 5.41) is 7.54. The summed E-state index contributed by atoms with van der Waals surface area (Å²) in [4.78, 5) is 12.8. The van der Waals surface area contributed by atoms with Crippen LogP contribution in [0.1, 0.15) is 48.6 Å². The number of carbonyl (C=O) groups excluding carboxylic acids is 1. The molecule has 0 saturated carbocycles.